The lowest BCUT2D eigenvalue weighted by Crippen LogP contribution is -2.39. The Morgan fingerprint density at radius 1 is 1.14 bits per heavy atom. The van der Waals surface area contributed by atoms with Crippen molar-refractivity contribution in [3.63, 3.8) is 0 Å². The molecule has 0 bridgehead atoms. The van der Waals surface area contributed by atoms with Crippen molar-refractivity contribution in [2.45, 2.75) is 23.9 Å². The third-order valence-corrected chi connectivity index (χ3v) is 5.49. The Morgan fingerprint density at radius 2 is 1.79 bits per heavy atom. The van der Waals surface area contributed by atoms with E-state index in [0.29, 0.717) is 17.3 Å². The van der Waals surface area contributed by atoms with Crippen molar-refractivity contribution in [1.82, 2.24) is 15.4 Å². The molecule has 3 aromatic rings. The van der Waals surface area contributed by atoms with E-state index >= 15 is 4.39 Å². The molecule has 1 amide bonds. The number of rotatable bonds is 5. The molecule has 0 aliphatic heterocycles. The van der Waals surface area contributed by atoms with Crippen LogP contribution in [-0.4, -0.2) is 27.3 Å². The van der Waals surface area contributed by atoms with Crippen LogP contribution in [0.4, 0.5) is 4.39 Å². The van der Waals surface area contributed by atoms with E-state index in [-0.39, 0.29) is 5.92 Å². The van der Waals surface area contributed by atoms with Gasteiger partial charge in [-0.15, -0.1) is 0 Å². The predicted octanol–water partition coefficient (Wildman–Crippen LogP) is 4.07. The zero-order chi connectivity index (χ0) is 19.7. The number of alkyl halides is 1. The van der Waals surface area contributed by atoms with E-state index in [0.717, 1.165) is 16.7 Å². The SMILES string of the molecule is O=C(NO)C(F)[C@]1(c2ccccc2)C[C@@H]1c1ccc(-c2ncc(Cl)cn2)cc1. The Kier molecular flexibility index (Phi) is 4.83. The summed E-state index contributed by atoms with van der Waals surface area (Å²) in [5.74, 6) is -0.663. The Morgan fingerprint density at radius 3 is 2.39 bits per heavy atom. The number of halogens is 2. The maximum absolute atomic E-state index is 15.0. The van der Waals surface area contributed by atoms with Gasteiger partial charge in [-0.05, 0) is 23.5 Å². The van der Waals surface area contributed by atoms with Crippen LogP contribution in [0.5, 0.6) is 0 Å². The Labute approximate surface area is 166 Å². The van der Waals surface area contributed by atoms with Crippen molar-refractivity contribution in [2.24, 2.45) is 0 Å². The molecule has 2 N–H and O–H groups in total. The standard InChI is InChI=1S/C21H17ClFN3O2/c22-16-11-24-19(25-12-16)14-8-6-13(7-9-14)17-10-21(17,18(23)20(27)26-28)15-4-2-1-3-5-15/h1-9,11-12,17-18,28H,10H2,(H,26,27)/t17-,18?,21+/m1/s1. The number of nitrogens with zero attached hydrogens (tertiary/aromatic N) is 2. The van der Waals surface area contributed by atoms with E-state index < -0.39 is 17.5 Å². The van der Waals surface area contributed by atoms with Crippen LogP contribution in [0.25, 0.3) is 11.4 Å². The maximum Gasteiger partial charge on any atom is 0.278 e. The number of hydrogen-bond acceptors (Lipinski definition) is 4. The lowest BCUT2D eigenvalue weighted by Gasteiger charge is -2.21. The van der Waals surface area contributed by atoms with Crippen LogP contribution in [0, 0.1) is 0 Å². The molecule has 1 saturated carbocycles. The molecular formula is C21H17ClFN3O2. The van der Waals surface area contributed by atoms with E-state index in [9.17, 15) is 4.79 Å². The van der Waals surface area contributed by atoms with Crippen molar-refractivity contribution in [3.05, 3.63) is 83.1 Å². The number of hydrogen-bond donors (Lipinski definition) is 2. The van der Waals surface area contributed by atoms with Gasteiger partial charge in [-0.3, -0.25) is 10.0 Å². The highest BCUT2D eigenvalue weighted by atomic mass is 35.5. The predicted molar refractivity (Wildman–Crippen MR) is 103 cm³/mol. The summed E-state index contributed by atoms with van der Waals surface area (Å²) in [4.78, 5) is 20.2. The van der Waals surface area contributed by atoms with Gasteiger partial charge in [0.15, 0.2) is 12.0 Å². The second-order valence-electron chi connectivity index (χ2n) is 6.85. The van der Waals surface area contributed by atoms with Crippen molar-refractivity contribution < 1.29 is 14.4 Å². The molecular weight excluding hydrogens is 381 g/mol. The van der Waals surface area contributed by atoms with Gasteiger partial charge in [0.05, 0.1) is 5.02 Å². The zero-order valence-electron chi connectivity index (χ0n) is 14.7. The number of carbonyl (C=O) groups excluding carboxylic acids is 1. The molecule has 142 valence electrons. The summed E-state index contributed by atoms with van der Waals surface area (Å²) >= 11 is 5.82. The molecule has 5 nitrogen and oxygen atoms in total. The molecule has 1 aromatic heterocycles. The quantitative estimate of drug-likeness (QED) is 0.502. The monoisotopic (exact) mass is 397 g/mol. The second kappa shape index (κ2) is 7.30. The molecule has 1 unspecified atom stereocenters. The van der Waals surface area contributed by atoms with Crippen LogP contribution in [0.3, 0.4) is 0 Å². The number of amides is 1. The fourth-order valence-corrected chi connectivity index (χ4v) is 3.90. The molecule has 1 aliphatic rings. The number of benzene rings is 2. The van der Waals surface area contributed by atoms with Gasteiger partial charge in [0.1, 0.15) is 0 Å². The summed E-state index contributed by atoms with van der Waals surface area (Å²) in [7, 11) is 0. The van der Waals surface area contributed by atoms with E-state index in [2.05, 4.69) is 9.97 Å². The van der Waals surface area contributed by atoms with E-state index in [4.69, 9.17) is 16.8 Å². The van der Waals surface area contributed by atoms with Crippen molar-refractivity contribution in [2.75, 3.05) is 0 Å². The number of nitrogens with one attached hydrogen (secondary N) is 1. The van der Waals surface area contributed by atoms with Gasteiger partial charge in [0.2, 0.25) is 0 Å². The van der Waals surface area contributed by atoms with Gasteiger partial charge in [-0.1, -0.05) is 66.2 Å². The summed E-state index contributed by atoms with van der Waals surface area (Å²) in [6.45, 7) is 0. The van der Waals surface area contributed by atoms with Crippen LogP contribution in [0.15, 0.2) is 67.0 Å². The van der Waals surface area contributed by atoms with Gasteiger partial charge >= 0.3 is 0 Å². The average molecular weight is 398 g/mol. The molecule has 0 saturated heterocycles. The molecule has 1 aliphatic carbocycles. The fourth-order valence-electron chi connectivity index (χ4n) is 3.80. The van der Waals surface area contributed by atoms with Gasteiger partial charge in [-0.2, -0.15) is 0 Å². The average Bonchev–Trinajstić information content (AvgIpc) is 3.51. The van der Waals surface area contributed by atoms with Crippen molar-refractivity contribution >= 4 is 17.5 Å². The normalized spacial score (nSPS) is 21.8. The first kappa shape index (κ1) is 18.5. The summed E-state index contributed by atoms with van der Waals surface area (Å²) in [6, 6.07) is 16.6. The van der Waals surface area contributed by atoms with Gasteiger partial charge in [-0.25, -0.2) is 19.8 Å². The van der Waals surface area contributed by atoms with E-state index in [1.165, 1.54) is 17.9 Å². The highest BCUT2D eigenvalue weighted by molar-refractivity contribution is 6.30. The van der Waals surface area contributed by atoms with Gasteiger partial charge in [0, 0.05) is 23.4 Å². The van der Waals surface area contributed by atoms with E-state index in [1.54, 1.807) is 0 Å². The lowest BCUT2D eigenvalue weighted by atomic mass is 9.86. The summed E-state index contributed by atoms with van der Waals surface area (Å²) < 4.78 is 15.0. The first-order valence-corrected chi connectivity index (χ1v) is 9.15. The lowest BCUT2D eigenvalue weighted by molar-refractivity contribution is -0.135. The first-order valence-electron chi connectivity index (χ1n) is 8.77. The van der Waals surface area contributed by atoms with Crippen LogP contribution in [-0.2, 0) is 10.2 Å². The fraction of sp³-hybridized carbons (Fsp3) is 0.190. The minimum Gasteiger partial charge on any atom is -0.289 e. The van der Waals surface area contributed by atoms with E-state index in [1.807, 2.05) is 54.6 Å². The first-order chi connectivity index (χ1) is 13.6. The van der Waals surface area contributed by atoms with Gasteiger partial charge in [0.25, 0.3) is 5.91 Å². The Hall–Kier alpha value is -2.83. The zero-order valence-corrected chi connectivity index (χ0v) is 15.5. The smallest absolute Gasteiger partial charge is 0.278 e. The third kappa shape index (κ3) is 3.15. The third-order valence-electron chi connectivity index (χ3n) is 5.30. The van der Waals surface area contributed by atoms with Crippen molar-refractivity contribution in [3.8, 4) is 11.4 Å². The van der Waals surface area contributed by atoms with Gasteiger partial charge < -0.3 is 0 Å². The van der Waals surface area contributed by atoms with Crippen LogP contribution in [0.1, 0.15) is 23.5 Å². The largest absolute Gasteiger partial charge is 0.289 e. The van der Waals surface area contributed by atoms with Crippen LogP contribution < -0.4 is 5.48 Å². The molecule has 2 aromatic carbocycles. The molecule has 1 heterocycles. The summed E-state index contributed by atoms with van der Waals surface area (Å²) in [5.41, 5.74) is 2.92. The van der Waals surface area contributed by atoms with Crippen molar-refractivity contribution in [1.29, 1.82) is 0 Å². The highest BCUT2D eigenvalue weighted by Gasteiger charge is 2.63. The Balaban J connectivity index is 1.65. The second-order valence-corrected chi connectivity index (χ2v) is 7.29. The molecule has 7 heteroatoms. The number of carbonyl (C=O) groups is 1. The minimum atomic E-state index is -1.86. The molecule has 0 radical (unpaired) electrons. The Bertz CT molecular complexity index is 983. The van der Waals surface area contributed by atoms with Crippen LogP contribution in [0.2, 0.25) is 5.02 Å². The molecule has 3 atom stereocenters. The molecule has 4 rings (SSSR count). The topological polar surface area (TPSA) is 75.1 Å². The number of aromatic nitrogens is 2. The summed E-state index contributed by atoms with van der Waals surface area (Å²) in [5, 5.41) is 9.38. The summed E-state index contributed by atoms with van der Waals surface area (Å²) in [6.07, 6.45) is 1.67. The molecule has 0 spiro atoms. The highest BCUT2D eigenvalue weighted by Crippen LogP contribution is 2.63. The minimum absolute atomic E-state index is 0.178. The number of hydroxylamine groups is 1. The molecule has 1 fully saturated rings. The maximum atomic E-state index is 15.0. The van der Waals surface area contributed by atoms with Crippen LogP contribution >= 0.6 is 11.6 Å². The molecule has 28 heavy (non-hydrogen) atoms.